The van der Waals surface area contributed by atoms with Crippen molar-refractivity contribution in [2.45, 2.75) is 57.0 Å². The Hall–Kier alpha value is -2.57. The second-order valence-electron chi connectivity index (χ2n) is 8.42. The molecule has 0 aliphatic carbocycles. The Morgan fingerprint density at radius 1 is 0.931 bits per heavy atom. The van der Waals surface area contributed by atoms with Gasteiger partial charge < -0.3 is 20.4 Å². The maximum atomic E-state index is 12.8. The van der Waals surface area contributed by atoms with Gasteiger partial charge in [-0.2, -0.15) is 0 Å². The lowest BCUT2D eigenvalue weighted by atomic mass is 9.95. The first-order valence-corrected chi connectivity index (χ1v) is 10.8. The van der Waals surface area contributed by atoms with Gasteiger partial charge in [-0.25, -0.2) is 0 Å². The van der Waals surface area contributed by atoms with Gasteiger partial charge in [-0.15, -0.1) is 0 Å². The highest BCUT2D eigenvalue weighted by Gasteiger charge is 2.40. The number of hydrogen-bond donors (Lipinski definition) is 2. The first kappa shape index (κ1) is 19.7. The predicted octanol–water partition coefficient (Wildman–Crippen LogP) is 2.34. The number of para-hydroxylation sites is 1. The van der Waals surface area contributed by atoms with E-state index in [-0.39, 0.29) is 24.3 Å². The van der Waals surface area contributed by atoms with Crippen LogP contribution in [-0.4, -0.2) is 59.4 Å². The minimum Gasteiger partial charge on any atom is -0.362 e. The van der Waals surface area contributed by atoms with Crippen LogP contribution in [0.15, 0.2) is 24.3 Å². The van der Waals surface area contributed by atoms with Gasteiger partial charge in [-0.05, 0) is 31.4 Å². The molecule has 2 N–H and O–H groups in total. The van der Waals surface area contributed by atoms with Gasteiger partial charge in [0.05, 0.1) is 12.1 Å². The fraction of sp³-hybridized carbons (Fsp3) is 0.591. The first-order valence-electron chi connectivity index (χ1n) is 10.8. The van der Waals surface area contributed by atoms with E-state index in [0.29, 0.717) is 31.4 Å². The summed E-state index contributed by atoms with van der Waals surface area (Å²) in [5.74, 6) is -0.0867. The molecular formula is C22H30N4O3. The first-order chi connectivity index (χ1) is 14.1. The zero-order valence-electron chi connectivity index (χ0n) is 16.9. The summed E-state index contributed by atoms with van der Waals surface area (Å²) < 4.78 is 0. The number of anilines is 1. The highest BCUT2D eigenvalue weighted by Crippen LogP contribution is 2.31. The second-order valence-corrected chi connectivity index (χ2v) is 8.42. The maximum absolute atomic E-state index is 12.8. The Bertz CT molecular complexity index is 788. The number of carbonyl (C=O) groups is 3. The number of hydrogen-bond acceptors (Lipinski definition) is 4. The van der Waals surface area contributed by atoms with Gasteiger partial charge in [-0.1, -0.05) is 31.4 Å². The van der Waals surface area contributed by atoms with Crippen LogP contribution in [0.2, 0.25) is 0 Å². The quantitative estimate of drug-likeness (QED) is 0.801. The van der Waals surface area contributed by atoms with Crippen LogP contribution in [0.5, 0.6) is 0 Å². The Balaban J connectivity index is 1.41. The van der Waals surface area contributed by atoms with Crippen molar-refractivity contribution in [1.29, 1.82) is 0 Å². The van der Waals surface area contributed by atoms with Crippen LogP contribution >= 0.6 is 0 Å². The molecule has 1 atom stereocenters. The lowest BCUT2D eigenvalue weighted by Gasteiger charge is -2.40. The molecule has 29 heavy (non-hydrogen) atoms. The number of likely N-dealkylation sites (tertiary alicyclic amines) is 2. The lowest BCUT2D eigenvalue weighted by molar-refractivity contribution is -0.140. The molecule has 0 radical (unpaired) electrons. The highest BCUT2D eigenvalue weighted by molar-refractivity contribution is 6.02. The summed E-state index contributed by atoms with van der Waals surface area (Å²) in [6.45, 7) is 2.17. The summed E-state index contributed by atoms with van der Waals surface area (Å²) in [7, 11) is 0. The lowest BCUT2D eigenvalue weighted by Crippen LogP contribution is -2.58. The third-order valence-corrected chi connectivity index (χ3v) is 6.36. The summed E-state index contributed by atoms with van der Waals surface area (Å²) in [4.78, 5) is 41.7. The van der Waals surface area contributed by atoms with Crippen LogP contribution in [0, 0.1) is 0 Å². The van der Waals surface area contributed by atoms with Gasteiger partial charge in [-0.3, -0.25) is 14.4 Å². The molecule has 0 saturated carbocycles. The van der Waals surface area contributed by atoms with E-state index in [2.05, 4.69) is 10.6 Å². The van der Waals surface area contributed by atoms with Crippen molar-refractivity contribution >= 4 is 23.4 Å². The van der Waals surface area contributed by atoms with Crippen molar-refractivity contribution in [1.82, 2.24) is 15.1 Å². The zero-order valence-corrected chi connectivity index (χ0v) is 16.9. The average Bonchev–Trinajstić information content (AvgIpc) is 2.82. The standard InChI is InChI=1S/C22H30N4O3/c27-19-10-11-22(23-18-9-5-4-8-17(18)21(29)24-22)12-15-26(19)16-20(28)25-13-6-2-1-3-7-14-25/h4-5,8-9,23H,1-3,6-7,10-16H2,(H,24,29). The van der Waals surface area contributed by atoms with E-state index < -0.39 is 5.66 Å². The molecule has 1 aromatic rings. The van der Waals surface area contributed by atoms with E-state index in [4.69, 9.17) is 0 Å². The summed E-state index contributed by atoms with van der Waals surface area (Å²) >= 11 is 0. The minimum atomic E-state index is -0.639. The summed E-state index contributed by atoms with van der Waals surface area (Å²) in [6, 6.07) is 7.42. The summed E-state index contributed by atoms with van der Waals surface area (Å²) in [6.07, 6.45) is 7.06. The molecule has 3 heterocycles. The van der Waals surface area contributed by atoms with E-state index in [9.17, 15) is 14.4 Å². The molecule has 2 fully saturated rings. The number of carbonyl (C=O) groups excluding carboxylic acids is 3. The molecule has 0 aromatic heterocycles. The van der Waals surface area contributed by atoms with Crippen molar-refractivity contribution in [3.05, 3.63) is 29.8 Å². The van der Waals surface area contributed by atoms with Crippen LogP contribution in [-0.2, 0) is 9.59 Å². The Morgan fingerprint density at radius 2 is 1.66 bits per heavy atom. The Morgan fingerprint density at radius 3 is 2.45 bits per heavy atom. The van der Waals surface area contributed by atoms with Crippen LogP contribution in [0.25, 0.3) is 0 Å². The number of benzene rings is 1. The van der Waals surface area contributed by atoms with Gasteiger partial charge in [0, 0.05) is 38.2 Å². The number of amides is 3. The smallest absolute Gasteiger partial charge is 0.255 e. The van der Waals surface area contributed by atoms with Crippen molar-refractivity contribution in [3.63, 3.8) is 0 Å². The normalized spacial score (nSPS) is 25.4. The SMILES string of the molecule is O=C1NC2(CCC(=O)N(CC(=O)N3CCCCCCC3)CC2)Nc2ccccc21. The van der Waals surface area contributed by atoms with Crippen LogP contribution in [0.4, 0.5) is 5.69 Å². The van der Waals surface area contributed by atoms with E-state index in [1.54, 1.807) is 11.0 Å². The molecule has 7 nitrogen and oxygen atoms in total. The minimum absolute atomic E-state index is 0.0165. The van der Waals surface area contributed by atoms with E-state index in [1.165, 1.54) is 19.3 Å². The number of rotatable bonds is 2. The molecular weight excluding hydrogens is 368 g/mol. The molecule has 1 unspecified atom stereocenters. The fourth-order valence-corrected chi connectivity index (χ4v) is 4.60. The summed E-state index contributed by atoms with van der Waals surface area (Å²) in [5, 5.41) is 6.53. The van der Waals surface area contributed by atoms with Crippen molar-refractivity contribution in [3.8, 4) is 0 Å². The molecule has 1 spiro atoms. The molecule has 4 rings (SSSR count). The monoisotopic (exact) mass is 398 g/mol. The zero-order chi connectivity index (χ0) is 20.3. The second kappa shape index (κ2) is 8.43. The largest absolute Gasteiger partial charge is 0.362 e. The van der Waals surface area contributed by atoms with E-state index in [1.807, 2.05) is 23.1 Å². The summed E-state index contributed by atoms with van der Waals surface area (Å²) in [5.41, 5.74) is 0.783. The van der Waals surface area contributed by atoms with Gasteiger partial charge in [0.1, 0.15) is 5.66 Å². The maximum Gasteiger partial charge on any atom is 0.255 e. The predicted molar refractivity (Wildman–Crippen MR) is 110 cm³/mol. The van der Waals surface area contributed by atoms with Crippen LogP contribution < -0.4 is 10.6 Å². The van der Waals surface area contributed by atoms with Gasteiger partial charge in [0.25, 0.3) is 5.91 Å². The molecule has 0 bridgehead atoms. The van der Waals surface area contributed by atoms with Crippen molar-refractivity contribution in [2.24, 2.45) is 0 Å². The van der Waals surface area contributed by atoms with Crippen molar-refractivity contribution < 1.29 is 14.4 Å². The average molecular weight is 399 g/mol. The van der Waals surface area contributed by atoms with Crippen LogP contribution in [0.3, 0.4) is 0 Å². The molecule has 3 aliphatic rings. The highest BCUT2D eigenvalue weighted by atomic mass is 16.2. The Labute approximate surface area is 171 Å². The third-order valence-electron chi connectivity index (χ3n) is 6.36. The number of nitrogens with zero attached hydrogens (tertiary/aromatic N) is 2. The molecule has 1 aromatic carbocycles. The number of nitrogens with one attached hydrogen (secondary N) is 2. The molecule has 156 valence electrons. The molecule has 3 amide bonds. The molecule has 2 saturated heterocycles. The van der Waals surface area contributed by atoms with E-state index >= 15 is 0 Å². The molecule has 3 aliphatic heterocycles. The van der Waals surface area contributed by atoms with E-state index in [0.717, 1.165) is 31.6 Å². The molecule has 7 heteroatoms. The van der Waals surface area contributed by atoms with Gasteiger partial charge in [0.2, 0.25) is 11.8 Å². The Kier molecular flexibility index (Phi) is 5.74. The third kappa shape index (κ3) is 4.38. The fourth-order valence-electron chi connectivity index (χ4n) is 4.60. The number of fused-ring (bicyclic) bond motifs is 1. The van der Waals surface area contributed by atoms with Gasteiger partial charge in [0.15, 0.2) is 0 Å². The van der Waals surface area contributed by atoms with Crippen molar-refractivity contribution in [2.75, 3.05) is 31.5 Å². The van der Waals surface area contributed by atoms with Crippen LogP contribution in [0.1, 0.15) is 61.7 Å². The van der Waals surface area contributed by atoms with Gasteiger partial charge >= 0.3 is 0 Å². The topological polar surface area (TPSA) is 81.8 Å².